The minimum Gasteiger partial charge on any atom is -0.484 e. The van der Waals surface area contributed by atoms with Gasteiger partial charge in [-0.25, -0.2) is 4.79 Å². The third-order valence-electron chi connectivity index (χ3n) is 4.36. The van der Waals surface area contributed by atoms with Crippen molar-refractivity contribution in [3.8, 4) is 5.75 Å². The first-order valence-corrected chi connectivity index (χ1v) is 8.38. The number of imide groups is 1. The largest absolute Gasteiger partial charge is 0.484 e. The molecule has 4 amide bonds. The zero-order valence-electron chi connectivity index (χ0n) is 14.2. The highest BCUT2D eigenvalue weighted by atomic mass is 16.5. The number of amides is 4. The van der Waals surface area contributed by atoms with E-state index >= 15 is 0 Å². The Morgan fingerprint density at radius 2 is 1.96 bits per heavy atom. The molecule has 1 aromatic rings. The lowest BCUT2D eigenvalue weighted by molar-refractivity contribution is -0.133. The predicted molar refractivity (Wildman–Crippen MR) is 91.6 cm³/mol. The Morgan fingerprint density at radius 1 is 1.20 bits per heavy atom. The van der Waals surface area contributed by atoms with E-state index in [4.69, 9.17) is 4.74 Å². The van der Waals surface area contributed by atoms with Crippen LogP contribution in [0.5, 0.6) is 5.75 Å². The molecule has 134 valence electrons. The normalized spacial score (nSPS) is 18.1. The summed E-state index contributed by atoms with van der Waals surface area (Å²) >= 11 is 0. The van der Waals surface area contributed by atoms with Gasteiger partial charge in [0.2, 0.25) is 5.91 Å². The second kappa shape index (κ2) is 7.52. The van der Waals surface area contributed by atoms with E-state index in [1.54, 1.807) is 17.0 Å². The van der Waals surface area contributed by atoms with Crippen LogP contribution in [0, 0.1) is 6.92 Å². The van der Waals surface area contributed by atoms with Crippen LogP contribution in [0.1, 0.15) is 12.0 Å². The van der Waals surface area contributed by atoms with E-state index in [0.29, 0.717) is 31.1 Å². The standard InChI is InChI=1S/C17H22N4O4/c1-12-2-3-13(25-11-16(23)20-8-5-18-6-9-20)10-14(12)21-7-4-15(22)19-17(21)24/h2-3,10,18H,4-9,11H2,1H3,(H,19,22,24). The lowest BCUT2D eigenvalue weighted by atomic mass is 10.1. The number of nitrogens with zero attached hydrogens (tertiary/aromatic N) is 2. The molecular formula is C17H22N4O4. The third-order valence-corrected chi connectivity index (χ3v) is 4.36. The van der Waals surface area contributed by atoms with Crippen LogP contribution in [0.25, 0.3) is 0 Å². The number of hydrogen-bond donors (Lipinski definition) is 2. The first-order valence-electron chi connectivity index (χ1n) is 8.38. The Morgan fingerprint density at radius 3 is 2.68 bits per heavy atom. The van der Waals surface area contributed by atoms with Crippen LogP contribution in [-0.2, 0) is 9.59 Å². The Bertz CT molecular complexity index is 685. The number of hydrogen-bond acceptors (Lipinski definition) is 5. The second-order valence-electron chi connectivity index (χ2n) is 6.12. The van der Waals surface area contributed by atoms with E-state index in [1.165, 1.54) is 4.90 Å². The van der Waals surface area contributed by atoms with E-state index in [2.05, 4.69) is 10.6 Å². The number of carbonyl (C=O) groups is 3. The fourth-order valence-corrected chi connectivity index (χ4v) is 2.91. The summed E-state index contributed by atoms with van der Waals surface area (Å²) in [6, 6.07) is 4.91. The van der Waals surface area contributed by atoms with E-state index < -0.39 is 6.03 Å². The van der Waals surface area contributed by atoms with Crippen molar-refractivity contribution in [2.24, 2.45) is 0 Å². The van der Waals surface area contributed by atoms with Crippen LogP contribution in [0.15, 0.2) is 18.2 Å². The average molecular weight is 346 g/mol. The minimum atomic E-state index is -0.437. The lowest BCUT2D eigenvalue weighted by Gasteiger charge is -2.28. The summed E-state index contributed by atoms with van der Waals surface area (Å²) in [5.74, 6) is 0.201. The summed E-state index contributed by atoms with van der Waals surface area (Å²) in [5, 5.41) is 5.51. The second-order valence-corrected chi connectivity index (χ2v) is 6.12. The minimum absolute atomic E-state index is 0.0345. The van der Waals surface area contributed by atoms with Crippen LogP contribution in [-0.4, -0.2) is 62.1 Å². The van der Waals surface area contributed by atoms with Gasteiger partial charge in [-0.05, 0) is 18.6 Å². The highest BCUT2D eigenvalue weighted by molar-refractivity contribution is 6.06. The SMILES string of the molecule is Cc1ccc(OCC(=O)N2CCNCC2)cc1N1CCC(=O)NC1=O. The maximum Gasteiger partial charge on any atom is 0.328 e. The summed E-state index contributed by atoms with van der Waals surface area (Å²) in [5.41, 5.74) is 1.57. The molecular weight excluding hydrogens is 324 g/mol. The van der Waals surface area contributed by atoms with Gasteiger partial charge in [0.1, 0.15) is 5.75 Å². The molecule has 2 heterocycles. The fourth-order valence-electron chi connectivity index (χ4n) is 2.91. The molecule has 8 nitrogen and oxygen atoms in total. The molecule has 3 rings (SSSR count). The van der Waals surface area contributed by atoms with Gasteiger partial charge in [-0.1, -0.05) is 6.07 Å². The Balaban J connectivity index is 1.66. The van der Waals surface area contributed by atoms with Crippen molar-refractivity contribution in [2.45, 2.75) is 13.3 Å². The van der Waals surface area contributed by atoms with Crippen molar-refractivity contribution in [2.75, 3.05) is 44.2 Å². The van der Waals surface area contributed by atoms with Gasteiger partial charge < -0.3 is 15.0 Å². The van der Waals surface area contributed by atoms with Gasteiger partial charge in [-0.2, -0.15) is 0 Å². The maximum atomic E-state index is 12.2. The number of urea groups is 1. The van der Waals surface area contributed by atoms with Gasteiger partial charge in [0.05, 0.1) is 5.69 Å². The average Bonchev–Trinajstić information content (AvgIpc) is 2.62. The number of benzene rings is 1. The van der Waals surface area contributed by atoms with Crippen LogP contribution in [0.4, 0.5) is 10.5 Å². The molecule has 0 aliphatic carbocycles. The third kappa shape index (κ3) is 4.08. The topological polar surface area (TPSA) is 91.0 Å². The van der Waals surface area contributed by atoms with Crippen LogP contribution in [0.3, 0.4) is 0 Å². The predicted octanol–water partition coefficient (Wildman–Crippen LogP) is 0.252. The number of anilines is 1. The van der Waals surface area contributed by atoms with E-state index in [-0.39, 0.29) is 24.8 Å². The molecule has 8 heteroatoms. The Kier molecular flexibility index (Phi) is 5.18. The molecule has 25 heavy (non-hydrogen) atoms. The molecule has 0 radical (unpaired) electrons. The number of nitrogens with one attached hydrogen (secondary N) is 2. The molecule has 0 atom stereocenters. The van der Waals surface area contributed by atoms with E-state index in [0.717, 1.165) is 18.7 Å². The molecule has 2 aliphatic rings. The summed E-state index contributed by atoms with van der Waals surface area (Å²) < 4.78 is 5.63. The van der Waals surface area contributed by atoms with Gasteiger partial charge >= 0.3 is 6.03 Å². The Labute approximate surface area is 146 Å². The molecule has 0 spiro atoms. The van der Waals surface area contributed by atoms with E-state index in [9.17, 15) is 14.4 Å². The monoisotopic (exact) mass is 346 g/mol. The van der Waals surface area contributed by atoms with Crippen molar-refractivity contribution in [1.29, 1.82) is 0 Å². The van der Waals surface area contributed by atoms with Crippen molar-refractivity contribution in [3.05, 3.63) is 23.8 Å². The molecule has 0 aromatic heterocycles. The molecule has 0 saturated carbocycles. The number of carbonyl (C=O) groups excluding carboxylic acids is 3. The molecule has 2 saturated heterocycles. The van der Waals surface area contributed by atoms with Gasteiger partial charge in [-0.3, -0.25) is 19.8 Å². The van der Waals surface area contributed by atoms with Gasteiger partial charge in [0.15, 0.2) is 6.61 Å². The first-order chi connectivity index (χ1) is 12.0. The Hall–Kier alpha value is -2.61. The fraction of sp³-hybridized carbons (Fsp3) is 0.471. The molecule has 2 fully saturated rings. The highest BCUT2D eigenvalue weighted by Crippen LogP contribution is 2.27. The summed E-state index contributed by atoms with van der Waals surface area (Å²) in [6.45, 7) is 5.13. The molecule has 2 aliphatic heterocycles. The zero-order chi connectivity index (χ0) is 17.8. The number of piperazine rings is 1. The molecule has 2 N–H and O–H groups in total. The van der Waals surface area contributed by atoms with Crippen LogP contribution >= 0.6 is 0 Å². The van der Waals surface area contributed by atoms with Crippen molar-refractivity contribution >= 4 is 23.5 Å². The van der Waals surface area contributed by atoms with Crippen molar-refractivity contribution < 1.29 is 19.1 Å². The van der Waals surface area contributed by atoms with Crippen LogP contribution < -0.4 is 20.3 Å². The quantitative estimate of drug-likeness (QED) is 0.816. The summed E-state index contributed by atoms with van der Waals surface area (Å²) in [4.78, 5) is 38.8. The summed E-state index contributed by atoms with van der Waals surface area (Å²) in [7, 11) is 0. The van der Waals surface area contributed by atoms with Gasteiger partial charge in [0.25, 0.3) is 5.91 Å². The lowest BCUT2D eigenvalue weighted by Crippen LogP contribution is -2.49. The number of rotatable bonds is 4. The van der Waals surface area contributed by atoms with Crippen molar-refractivity contribution in [1.82, 2.24) is 15.5 Å². The summed E-state index contributed by atoms with van der Waals surface area (Å²) in [6.07, 6.45) is 0.262. The maximum absolute atomic E-state index is 12.2. The smallest absolute Gasteiger partial charge is 0.328 e. The van der Waals surface area contributed by atoms with Crippen LogP contribution in [0.2, 0.25) is 0 Å². The van der Waals surface area contributed by atoms with Gasteiger partial charge in [-0.15, -0.1) is 0 Å². The molecule has 0 bridgehead atoms. The van der Waals surface area contributed by atoms with Crippen molar-refractivity contribution in [3.63, 3.8) is 0 Å². The van der Waals surface area contributed by atoms with E-state index in [1.807, 2.05) is 13.0 Å². The molecule has 1 aromatic carbocycles. The molecule has 0 unspecified atom stereocenters. The zero-order valence-corrected chi connectivity index (χ0v) is 14.2. The van der Waals surface area contributed by atoms with Gasteiger partial charge in [0, 0.05) is 45.2 Å². The highest BCUT2D eigenvalue weighted by Gasteiger charge is 2.25. The first kappa shape index (κ1) is 17.2. The number of aryl methyl sites for hydroxylation is 1. The number of ether oxygens (including phenoxy) is 1.